The Hall–Kier alpha value is -3.09. The standard InChI is InChI=1S/C25H33FN2O4/c1-5-18(2)27-25(30)19(3)28(17-20-8-10-21(26)11-9-20)24(29)7-6-16-32-23-14-12-22(31-4)13-15-23/h8-15,18-19H,5-7,16-17H2,1-4H3,(H,27,30)/t18-,19+/m1/s1. The van der Waals surface area contributed by atoms with Crippen molar-refractivity contribution in [3.05, 3.63) is 59.9 Å². The maximum atomic E-state index is 13.3. The van der Waals surface area contributed by atoms with E-state index in [0.29, 0.717) is 18.8 Å². The third-order valence-electron chi connectivity index (χ3n) is 5.30. The molecule has 0 heterocycles. The first-order chi connectivity index (χ1) is 15.3. The number of hydrogen-bond acceptors (Lipinski definition) is 4. The molecule has 0 bridgehead atoms. The predicted molar refractivity (Wildman–Crippen MR) is 122 cm³/mol. The molecular formula is C25H33FN2O4. The van der Waals surface area contributed by atoms with E-state index in [1.165, 1.54) is 12.1 Å². The van der Waals surface area contributed by atoms with Gasteiger partial charge in [-0.3, -0.25) is 9.59 Å². The van der Waals surface area contributed by atoms with E-state index in [0.717, 1.165) is 17.7 Å². The number of halogens is 1. The van der Waals surface area contributed by atoms with E-state index in [4.69, 9.17) is 9.47 Å². The van der Waals surface area contributed by atoms with Crippen LogP contribution in [0, 0.1) is 5.82 Å². The lowest BCUT2D eigenvalue weighted by Crippen LogP contribution is -2.49. The number of ether oxygens (including phenoxy) is 2. The van der Waals surface area contributed by atoms with E-state index in [2.05, 4.69) is 5.32 Å². The number of benzene rings is 2. The Morgan fingerprint density at radius 1 is 1.03 bits per heavy atom. The average Bonchev–Trinajstić information content (AvgIpc) is 2.81. The van der Waals surface area contributed by atoms with Crippen molar-refractivity contribution in [1.82, 2.24) is 10.2 Å². The molecule has 0 saturated heterocycles. The van der Waals surface area contributed by atoms with Crippen LogP contribution in [-0.4, -0.2) is 42.5 Å². The number of nitrogens with zero attached hydrogens (tertiary/aromatic N) is 1. The lowest BCUT2D eigenvalue weighted by Gasteiger charge is -2.29. The van der Waals surface area contributed by atoms with Gasteiger partial charge in [-0.25, -0.2) is 4.39 Å². The van der Waals surface area contributed by atoms with Crippen molar-refractivity contribution in [3.63, 3.8) is 0 Å². The van der Waals surface area contributed by atoms with Crippen LogP contribution in [0.2, 0.25) is 0 Å². The van der Waals surface area contributed by atoms with Crippen LogP contribution in [0.25, 0.3) is 0 Å². The molecule has 0 saturated carbocycles. The Labute approximate surface area is 189 Å². The summed E-state index contributed by atoms with van der Waals surface area (Å²) in [4.78, 5) is 27.2. The van der Waals surface area contributed by atoms with Crippen molar-refractivity contribution in [2.24, 2.45) is 0 Å². The number of hydrogen-bond donors (Lipinski definition) is 1. The van der Waals surface area contributed by atoms with Crippen molar-refractivity contribution in [3.8, 4) is 11.5 Å². The molecule has 0 aliphatic heterocycles. The lowest BCUT2D eigenvalue weighted by atomic mass is 10.1. The van der Waals surface area contributed by atoms with Crippen LogP contribution in [0.5, 0.6) is 11.5 Å². The first-order valence-corrected chi connectivity index (χ1v) is 10.9. The zero-order valence-corrected chi connectivity index (χ0v) is 19.3. The van der Waals surface area contributed by atoms with Gasteiger partial charge < -0.3 is 19.7 Å². The monoisotopic (exact) mass is 444 g/mol. The summed E-state index contributed by atoms with van der Waals surface area (Å²) in [6.07, 6.45) is 1.54. The normalized spacial score (nSPS) is 12.5. The van der Waals surface area contributed by atoms with Crippen LogP contribution in [-0.2, 0) is 16.1 Å². The fourth-order valence-electron chi connectivity index (χ4n) is 3.06. The van der Waals surface area contributed by atoms with Gasteiger partial charge in [0.2, 0.25) is 11.8 Å². The van der Waals surface area contributed by atoms with E-state index < -0.39 is 6.04 Å². The zero-order valence-electron chi connectivity index (χ0n) is 19.3. The van der Waals surface area contributed by atoms with Gasteiger partial charge in [-0.1, -0.05) is 19.1 Å². The second-order valence-corrected chi connectivity index (χ2v) is 7.77. The summed E-state index contributed by atoms with van der Waals surface area (Å²) in [5.41, 5.74) is 0.762. The molecule has 0 aliphatic rings. The Balaban J connectivity index is 1.98. The Kier molecular flexibility index (Phi) is 9.98. The van der Waals surface area contributed by atoms with Gasteiger partial charge in [-0.2, -0.15) is 0 Å². The van der Waals surface area contributed by atoms with Crippen LogP contribution < -0.4 is 14.8 Å². The highest BCUT2D eigenvalue weighted by molar-refractivity contribution is 5.87. The molecule has 0 aromatic heterocycles. The fourth-order valence-corrected chi connectivity index (χ4v) is 3.06. The highest BCUT2D eigenvalue weighted by atomic mass is 19.1. The van der Waals surface area contributed by atoms with Gasteiger partial charge in [0.15, 0.2) is 0 Å². The van der Waals surface area contributed by atoms with Crippen molar-refractivity contribution in [2.75, 3.05) is 13.7 Å². The van der Waals surface area contributed by atoms with Crippen LogP contribution in [0.3, 0.4) is 0 Å². The summed E-state index contributed by atoms with van der Waals surface area (Å²) in [6.45, 7) is 6.23. The number of rotatable bonds is 12. The molecule has 2 atom stereocenters. The van der Waals surface area contributed by atoms with E-state index in [1.807, 2.05) is 38.1 Å². The zero-order chi connectivity index (χ0) is 23.5. The number of carbonyl (C=O) groups is 2. The number of carbonyl (C=O) groups excluding carboxylic acids is 2. The maximum Gasteiger partial charge on any atom is 0.242 e. The minimum atomic E-state index is -0.649. The molecule has 2 rings (SSSR count). The Bertz CT molecular complexity index is 855. The molecule has 2 amide bonds. The predicted octanol–water partition coefficient (Wildman–Crippen LogP) is 4.33. The summed E-state index contributed by atoms with van der Waals surface area (Å²) < 4.78 is 24.1. The van der Waals surface area contributed by atoms with Crippen LogP contribution in [0.1, 0.15) is 45.6 Å². The summed E-state index contributed by atoms with van der Waals surface area (Å²) in [7, 11) is 1.60. The smallest absolute Gasteiger partial charge is 0.242 e. The second kappa shape index (κ2) is 12.7. The highest BCUT2D eigenvalue weighted by Gasteiger charge is 2.26. The molecule has 1 N–H and O–H groups in total. The third-order valence-corrected chi connectivity index (χ3v) is 5.30. The van der Waals surface area contributed by atoms with Gasteiger partial charge in [0.1, 0.15) is 23.4 Å². The molecule has 0 fully saturated rings. The number of methoxy groups -OCH3 is 1. The summed E-state index contributed by atoms with van der Waals surface area (Å²) in [6, 6.07) is 12.6. The largest absolute Gasteiger partial charge is 0.497 e. The van der Waals surface area contributed by atoms with E-state index in [1.54, 1.807) is 31.1 Å². The van der Waals surface area contributed by atoms with Gasteiger partial charge in [-0.05, 0) is 68.7 Å². The molecule has 6 nitrogen and oxygen atoms in total. The molecule has 0 unspecified atom stereocenters. The minimum Gasteiger partial charge on any atom is -0.497 e. The minimum absolute atomic E-state index is 0.0191. The maximum absolute atomic E-state index is 13.3. The molecule has 2 aromatic carbocycles. The Morgan fingerprint density at radius 3 is 2.25 bits per heavy atom. The molecule has 0 aliphatic carbocycles. The number of nitrogens with one attached hydrogen (secondary N) is 1. The molecule has 0 radical (unpaired) electrons. The van der Waals surface area contributed by atoms with Crippen LogP contribution in [0.4, 0.5) is 4.39 Å². The molecule has 174 valence electrons. The second-order valence-electron chi connectivity index (χ2n) is 7.77. The summed E-state index contributed by atoms with van der Waals surface area (Å²) in [5.74, 6) is 0.741. The molecule has 32 heavy (non-hydrogen) atoms. The van der Waals surface area contributed by atoms with Crippen molar-refractivity contribution < 1.29 is 23.5 Å². The van der Waals surface area contributed by atoms with E-state index in [-0.39, 0.29) is 36.6 Å². The van der Waals surface area contributed by atoms with E-state index in [9.17, 15) is 14.0 Å². The molecule has 0 spiro atoms. The number of amides is 2. The fraction of sp³-hybridized carbons (Fsp3) is 0.440. The molecule has 7 heteroatoms. The van der Waals surface area contributed by atoms with Crippen molar-refractivity contribution >= 4 is 11.8 Å². The van der Waals surface area contributed by atoms with E-state index >= 15 is 0 Å². The average molecular weight is 445 g/mol. The van der Waals surface area contributed by atoms with Crippen molar-refractivity contribution in [2.45, 2.75) is 58.7 Å². The summed E-state index contributed by atoms with van der Waals surface area (Å²) >= 11 is 0. The molecule has 2 aromatic rings. The summed E-state index contributed by atoms with van der Waals surface area (Å²) in [5, 5.41) is 2.93. The lowest BCUT2D eigenvalue weighted by molar-refractivity contribution is -0.141. The van der Waals surface area contributed by atoms with Gasteiger partial charge in [0.05, 0.1) is 13.7 Å². The molecular weight excluding hydrogens is 411 g/mol. The van der Waals surface area contributed by atoms with Gasteiger partial charge >= 0.3 is 0 Å². The first-order valence-electron chi connectivity index (χ1n) is 10.9. The van der Waals surface area contributed by atoms with Gasteiger partial charge in [0, 0.05) is 19.0 Å². The third kappa shape index (κ3) is 7.87. The van der Waals surface area contributed by atoms with Crippen molar-refractivity contribution in [1.29, 1.82) is 0 Å². The quantitative estimate of drug-likeness (QED) is 0.495. The van der Waals surface area contributed by atoms with Gasteiger partial charge in [0.25, 0.3) is 0 Å². The topological polar surface area (TPSA) is 67.9 Å². The Morgan fingerprint density at radius 2 is 1.66 bits per heavy atom. The van der Waals surface area contributed by atoms with Crippen LogP contribution >= 0.6 is 0 Å². The SMILES string of the molecule is CC[C@@H](C)NC(=O)[C@H](C)N(Cc1ccc(F)cc1)C(=O)CCCOc1ccc(OC)cc1. The highest BCUT2D eigenvalue weighted by Crippen LogP contribution is 2.18. The first kappa shape index (κ1) is 25.2. The van der Waals surface area contributed by atoms with Crippen LogP contribution in [0.15, 0.2) is 48.5 Å². The van der Waals surface area contributed by atoms with Gasteiger partial charge in [-0.15, -0.1) is 0 Å².